The Balaban J connectivity index is 1.56. The molecule has 2 aromatic rings. The summed E-state index contributed by atoms with van der Waals surface area (Å²) in [5, 5.41) is 0.644. The Morgan fingerprint density at radius 3 is 2.30 bits per heavy atom. The summed E-state index contributed by atoms with van der Waals surface area (Å²) in [6.45, 7) is 2.84. The molecule has 1 aliphatic rings. The van der Waals surface area contributed by atoms with Gasteiger partial charge in [0.2, 0.25) is 10.0 Å². The Morgan fingerprint density at radius 2 is 1.67 bits per heavy atom. The van der Waals surface area contributed by atoms with Crippen molar-refractivity contribution in [1.82, 2.24) is 13.7 Å². The van der Waals surface area contributed by atoms with Gasteiger partial charge in [-0.3, -0.25) is 0 Å². The minimum atomic E-state index is -3.69. The Labute approximate surface area is 202 Å². The molecule has 0 fully saturated rings. The van der Waals surface area contributed by atoms with Gasteiger partial charge in [-0.25, -0.2) is 17.9 Å². The first kappa shape index (κ1) is 25.9. The first-order valence-corrected chi connectivity index (χ1v) is 14.1. The fourth-order valence-corrected chi connectivity index (χ4v) is 6.19. The number of sulfonamides is 1. The highest BCUT2D eigenvalue weighted by atomic mass is 35.5. The minimum Gasteiger partial charge on any atom is -0.378 e. The number of halogens is 1. The molecule has 33 heavy (non-hydrogen) atoms. The van der Waals surface area contributed by atoms with Gasteiger partial charge in [0.25, 0.3) is 10.2 Å². The number of hydrogen-bond acceptors (Lipinski definition) is 5. The van der Waals surface area contributed by atoms with Gasteiger partial charge in [-0.1, -0.05) is 31.0 Å². The van der Waals surface area contributed by atoms with Crippen LogP contribution in [0.2, 0.25) is 5.02 Å². The highest BCUT2D eigenvalue weighted by Crippen LogP contribution is 2.24. The SMILES string of the molecule is CCC(CNS(=O)(=O)c1ccc(N(C)C)cc1)CNS(=O)(=O)N1CCc2cc(Cl)ccc2C1. The van der Waals surface area contributed by atoms with Crippen LogP contribution in [0, 0.1) is 5.92 Å². The third-order valence-electron chi connectivity index (χ3n) is 5.84. The van der Waals surface area contributed by atoms with Crippen LogP contribution < -0.4 is 14.3 Å². The largest absolute Gasteiger partial charge is 0.378 e. The minimum absolute atomic E-state index is 0.137. The topological polar surface area (TPSA) is 98.8 Å². The number of benzene rings is 2. The quantitative estimate of drug-likeness (QED) is 0.508. The molecule has 0 amide bonds. The molecule has 0 aromatic heterocycles. The average Bonchev–Trinajstić information content (AvgIpc) is 2.78. The van der Waals surface area contributed by atoms with Crippen molar-refractivity contribution in [3.8, 4) is 0 Å². The third kappa shape index (κ3) is 6.68. The number of nitrogens with one attached hydrogen (secondary N) is 2. The van der Waals surface area contributed by atoms with Crippen molar-refractivity contribution in [3.05, 3.63) is 58.6 Å². The van der Waals surface area contributed by atoms with Gasteiger partial charge in [-0.05, 0) is 59.9 Å². The van der Waals surface area contributed by atoms with Crippen LogP contribution in [0.15, 0.2) is 47.4 Å². The van der Waals surface area contributed by atoms with E-state index in [9.17, 15) is 16.8 Å². The van der Waals surface area contributed by atoms with E-state index >= 15 is 0 Å². The number of anilines is 1. The van der Waals surface area contributed by atoms with E-state index in [0.717, 1.165) is 16.8 Å². The van der Waals surface area contributed by atoms with E-state index in [0.29, 0.717) is 24.4 Å². The number of fused-ring (bicyclic) bond motifs is 1. The van der Waals surface area contributed by atoms with Gasteiger partial charge >= 0.3 is 0 Å². The molecule has 2 aromatic carbocycles. The zero-order valence-corrected chi connectivity index (χ0v) is 21.5. The van der Waals surface area contributed by atoms with E-state index in [1.165, 1.54) is 4.31 Å². The molecule has 11 heteroatoms. The van der Waals surface area contributed by atoms with Crippen molar-refractivity contribution < 1.29 is 16.8 Å². The second-order valence-electron chi connectivity index (χ2n) is 8.36. The fraction of sp³-hybridized carbons (Fsp3) is 0.455. The van der Waals surface area contributed by atoms with Crippen molar-refractivity contribution in [1.29, 1.82) is 0 Å². The Hall–Kier alpha value is -1.69. The molecular formula is C22H31ClN4O4S2. The van der Waals surface area contributed by atoms with Gasteiger partial charge in [0.05, 0.1) is 4.90 Å². The maximum absolute atomic E-state index is 12.8. The van der Waals surface area contributed by atoms with E-state index in [4.69, 9.17) is 11.6 Å². The lowest BCUT2D eigenvalue weighted by Gasteiger charge is -2.29. The van der Waals surface area contributed by atoms with Crippen molar-refractivity contribution in [2.75, 3.05) is 38.6 Å². The van der Waals surface area contributed by atoms with Crippen LogP contribution in [-0.4, -0.2) is 54.9 Å². The molecule has 1 aliphatic heterocycles. The summed E-state index contributed by atoms with van der Waals surface area (Å²) in [5.74, 6) is -0.188. The molecule has 1 atom stereocenters. The number of nitrogens with zero attached hydrogens (tertiary/aromatic N) is 2. The Bertz CT molecular complexity index is 1170. The summed E-state index contributed by atoms with van der Waals surface area (Å²) in [7, 11) is -3.61. The van der Waals surface area contributed by atoms with Crippen LogP contribution in [0.25, 0.3) is 0 Å². The van der Waals surface area contributed by atoms with E-state index in [1.807, 2.05) is 38.1 Å². The zero-order chi connectivity index (χ0) is 24.2. The molecule has 0 saturated heterocycles. The molecule has 8 nitrogen and oxygen atoms in total. The van der Waals surface area contributed by atoms with Gasteiger partial charge in [0.15, 0.2) is 0 Å². The Kier molecular flexibility index (Phi) is 8.41. The standard InChI is InChI=1S/C22H31ClN4O4S2/c1-4-17(14-24-32(28,29)22-9-7-21(8-10-22)26(2)3)15-25-33(30,31)27-12-11-18-13-20(23)6-5-19(18)16-27/h5-10,13,17,24-25H,4,11-12,14-16H2,1-3H3. The first-order chi connectivity index (χ1) is 15.5. The van der Waals surface area contributed by atoms with E-state index in [-0.39, 0.29) is 30.4 Å². The molecule has 3 rings (SSSR count). The number of hydrogen-bond donors (Lipinski definition) is 2. The Morgan fingerprint density at radius 1 is 1.00 bits per heavy atom. The molecule has 182 valence electrons. The highest BCUT2D eigenvalue weighted by Gasteiger charge is 2.27. The van der Waals surface area contributed by atoms with Crippen LogP contribution >= 0.6 is 11.6 Å². The van der Waals surface area contributed by atoms with Gasteiger partial charge < -0.3 is 4.90 Å². The molecular weight excluding hydrogens is 484 g/mol. The summed E-state index contributed by atoms with van der Waals surface area (Å²) in [6.07, 6.45) is 1.21. The van der Waals surface area contributed by atoms with Crippen LogP contribution in [-0.2, 0) is 33.2 Å². The van der Waals surface area contributed by atoms with E-state index < -0.39 is 20.2 Å². The normalized spacial score (nSPS) is 15.8. The highest BCUT2D eigenvalue weighted by molar-refractivity contribution is 7.89. The first-order valence-electron chi connectivity index (χ1n) is 10.8. The lowest BCUT2D eigenvalue weighted by atomic mass is 10.0. The van der Waals surface area contributed by atoms with Gasteiger partial charge in [-0.2, -0.15) is 12.7 Å². The average molecular weight is 515 g/mol. The number of rotatable bonds is 10. The molecule has 1 unspecified atom stereocenters. The second kappa shape index (κ2) is 10.7. The fourth-order valence-electron chi connectivity index (χ4n) is 3.61. The lowest BCUT2D eigenvalue weighted by Crippen LogP contribution is -2.45. The van der Waals surface area contributed by atoms with Crippen molar-refractivity contribution in [2.24, 2.45) is 5.92 Å². The third-order valence-corrected chi connectivity index (χ3v) is 9.04. The van der Waals surface area contributed by atoms with Gasteiger partial charge in [-0.15, -0.1) is 0 Å². The zero-order valence-electron chi connectivity index (χ0n) is 19.1. The molecule has 0 radical (unpaired) electrons. The smallest absolute Gasteiger partial charge is 0.279 e. The maximum Gasteiger partial charge on any atom is 0.279 e. The molecule has 2 N–H and O–H groups in total. The van der Waals surface area contributed by atoms with Crippen molar-refractivity contribution in [2.45, 2.75) is 31.2 Å². The molecule has 0 saturated carbocycles. The summed E-state index contributed by atoms with van der Waals surface area (Å²) >= 11 is 6.03. The summed E-state index contributed by atoms with van der Waals surface area (Å²) in [5.41, 5.74) is 2.91. The van der Waals surface area contributed by atoms with E-state index in [2.05, 4.69) is 9.44 Å². The van der Waals surface area contributed by atoms with E-state index in [1.54, 1.807) is 30.3 Å². The maximum atomic E-state index is 12.8. The molecule has 0 spiro atoms. The van der Waals surface area contributed by atoms with Crippen LogP contribution in [0.3, 0.4) is 0 Å². The second-order valence-corrected chi connectivity index (χ2v) is 12.3. The van der Waals surface area contributed by atoms with Gasteiger partial charge in [0.1, 0.15) is 0 Å². The van der Waals surface area contributed by atoms with Crippen LogP contribution in [0.4, 0.5) is 5.69 Å². The summed E-state index contributed by atoms with van der Waals surface area (Å²) in [6, 6.07) is 12.1. The lowest BCUT2D eigenvalue weighted by molar-refractivity contribution is 0.378. The van der Waals surface area contributed by atoms with Crippen molar-refractivity contribution in [3.63, 3.8) is 0 Å². The molecule has 0 aliphatic carbocycles. The summed E-state index contributed by atoms with van der Waals surface area (Å²) in [4.78, 5) is 2.06. The van der Waals surface area contributed by atoms with Crippen LogP contribution in [0.5, 0.6) is 0 Å². The summed E-state index contributed by atoms with van der Waals surface area (Å²) < 4.78 is 57.6. The molecule has 0 bridgehead atoms. The monoisotopic (exact) mass is 514 g/mol. The predicted octanol–water partition coefficient (Wildman–Crippen LogP) is 2.60. The molecule has 1 heterocycles. The predicted molar refractivity (Wildman–Crippen MR) is 132 cm³/mol. The van der Waals surface area contributed by atoms with Gasteiger partial charge in [0, 0.05) is 51.0 Å². The van der Waals surface area contributed by atoms with Crippen molar-refractivity contribution >= 4 is 37.5 Å². The van der Waals surface area contributed by atoms with Crippen LogP contribution in [0.1, 0.15) is 24.5 Å².